The number of aliphatic hydroxyl groups excluding tert-OH is 2. The summed E-state index contributed by atoms with van der Waals surface area (Å²) in [6.07, 6.45) is -4.28. The van der Waals surface area contributed by atoms with Crippen LogP contribution in [-0.2, 0) is 58.7 Å². The van der Waals surface area contributed by atoms with Crippen molar-refractivity contribution in [3.63, 3.8) is 0 Å². The van der Waals surface area contributed by atoms with E-state index in [0.717, 1.165) is 23.9 Å². The number of esters is 2. The van der Waals surface area contributed by atoms with Crippen LogP contribution in [-0.4, -0.2) is 173 Å². The Morgan fingerprint density at radius 1 is 0.896 bits per heavy atom. The summed E-state index contributed by atoms with van der Waals surface area (Å²) in [5, 5.41) is 48.0. The number of aromatic carboxylic acids is 1. The molecule has 2 aromatic rings. The highest BCUT2D eigenvalue weighted by Gasteiger charge is 2.55. The number of pyridine rings is 1. The minimum Gasteiger partial charge on any atom is -0.477 e. The van der Waals surface area contributed by atoms with Crippen LogP contribution < -0.4 is 10.7 Å². The van der Waals surface area contributed by atoms with Gasteiger partial charge in [-0.15, -0.1) is 0 Å². The standard InChI is InChI=1S/C57H89N3O17/c1-15-42-57(10,69)48(64)32(4)45(62)31(3)27-55(8,70-13)49(76-54-30(2)25-41(59(11)12)53(68)77-54)33(5)47(34(6)52(67)73-42)75-44-28-56(9,71-14)50(35(7)72-44)74-43(61)22-24-58-23-16-17-36-18-21-40-38(26-36)46(63)39(51(65)66)29-60(40)37-19-20-37/h18,21,26,29-35,37,41-42,44,47-50,53-54,58,64,68-69H,15-17,19-20,22-25,27-28H2,1-14H3,(H,65,66)/t30-,31-,32+,33+,34-,35+,41+,42-,44+,47+,48-,49-,50+,53+,54+,55-,56-,57-/m1/s1. The van der Waals surface area contributed by atoms with Crippen molar-refractivity contribution in [1.82, 2.24) is 14.8 Å². The number of likely N-dealkylation sites (N-methyl/N-ethyl adjacent to an activating group) is 1. The van der Waals surface area contributed by atoms with Gasteiger partial charge in [-0.25, -0.2) is 4.79 Å². The summed E-state index contributed by atoms with van der Waals surface area (Å²) in [5.74, 6) is -6.69. The van der Waals surface area contributed by atoms with Gasteiger partial charge in [-0.2, -0.15) is 0 Å². The average molecular weight is 1090 g/mol. The van der Waals surface area contributed by atoms with Crippen LogP contribution in [0, 0.1) is 29.6 Å². The molecule has 434 valence electrons. The number of nitrogens with zero attached hydrogens (tertiary/aromatic N) is 2. The molecule has 6 rings (SSSR count). The number of aryl methyl sites for hydroxylation is 1. The number of ether oxygens (including phenoxy) is 8. The van der Waals surface area contributed by atoms with Gasteiger partial charge in [0.2, 0.25) is 5.43 Å². The van der Waals surface area contributed by atoms with Crippen LogP contribution in [0.25, 0.3) is 10.9 Å². The topological polar surface area (TPSA) is 260 Å². The van der Waals surface area contributed by atoms with Gasteiger partial charge in [0.05, 0.1) is 53.9 Å². The van der Waals surface area contributed by atoms with Gasteiger partial charge >= 0.3 is 17.9 Å². The fourth-order valence-corrected chi connectivity index (χ4v) is 12.0. The molecule has 5 N–H and O–H groups in total. The first-order valence-electron chi connectivity index (χ1n) is 27.6. The zero-order valence-corrected chi connectivity index (χ0v) is 47.8. The van der Waals surface area contributed by atoms with Crippen LogP contribution in [0.4, 0.5) is 0 Å². The van der Waals surface area contributed by atoms with Crippen molar-refractivity contribution in [3.05, 3.63) is 45.7 Å². The predicted molar refractivity (Wildman–Crippen MR) is 284 cm³/mol. The number of ketones is 1. The minimum atomic E-state index is -2.02. The average Bonchev–Trinajstić information content (AvgIpc) is 4.25. The predicted octanol–water partition coefficient (Wildman–Crippen LogP) is 5.16. The van der Waals surface area contributed by atoms with E-state index in [2.05, 4.69) is 5.32 Å². The number of rotatable bonds is 18. The Balaban J connectivity index is 1.18. The lowest BCUT2D eigenvalue weighted by Crippen LogP contribution is -2.61. The summed E-state index contributed by atoms with van der Waals surface area (Å²) < 4.78 is 53.2. The molecule has 1 aromatic heterocycles. The quantitative estimate of drug-likeness (QED) is 0.0954. The molecule has 20 heteroatoms. The Morgan fingerprint density at radius 3 is 2.17 bits per heavy atom. The molecule has 0 bridgehead atoms. The first-order valence-corrected chi connectivity index (χ1v) is 27.6. The summed E-state index contributed by atoms with van der Waals surface area (Å²) in [7, 11) is 6.73. The zero-order valence-electron chi connectivity index (χ0n) is 47.8. The first kappa shape index (κ1) is 62.3. The third-order valence-corrected chi connectivity index (χ3v) is 17.1. The van der Waals surface area contributed by atoms with Crippen molar-refractivity contribution in [2.24, 2.45) is 29.6 Å². The largest absolute Gasteiger partial charge is 0.477 e. The molecule has 1 saturated carbocycles. The number of carbonyl (C=O) groups excluding carboxylic acids is 3. The number of hydrogen-bond acceptors (Lipinski definition) is 18. The fraction of sp³-hybridized carbons (Fsp3) is 0.772. The Hall–Kier alpha value is -3.93. The highest BCUT2D eigenvalue weighted by atomic mass is 16.7. The van der Waals surface area contributed by atoms with E-state index < -0.39 is 119 Å². The molecule has 18 atom stereocenters. The Labute approximate surface area is 453 Å². The molecule has 3 saturated heterocycles. The van der Waals surface area contributed by atoms with Gasteiger partial charge < -0.3 is 73.1 Å². The molecule has 4 aliphatic rings. The summed E-state index contributed by atoms with van der Waals surface area (Å²) in [6, 6.07) is 5.51. The summed E-state index contributed by atoms with van der Waals surface area (Å²) >= 11 is 0. The monoisotopic (exact) mass is 1090 g/mol. The summed E-state index contributed by atoms with van der Waals surface area (Å²) in [5.41, 5.74) is -3.56. The lowest BCUT2D eigenvalue weighted by molar-refractivity contribution is -0.332. The molecule has 1 aromatic carbocycles. The number of fused-ring (bicyclic) bond motifs is 1. The number of carboxylic acid groups (broad SMARTS) is 1. The fourth-order valence-electron chi connectivity index (χ4n) is 12.0. The number of cyclic esters (lactones) is 1. The van der Waals surface area contributed by atoms with E-state index >= 15 is 0 Å². The van der Waals surface area contributed by atoms with Gasteiger partial charge in [0.25, 0.3) is 0 Å². The number of aromatic nitrogens is 1. The van der Waals surface area contributed by atoms with Crippen molar-refractivity contribution >= 4 is 34.6 Å². The van der Waals surface area contributed by atoms with E-state index in [1.165, 1.54) is 27.3 Å². The van der Waals surface area contributed by atoms with E-state index in [9.17, 15) is 44.4 Å². The number of aliphatic hydroxyl groups is 3. The molecule has 20 nitrogen and oxygen atoms in total. The number of Topliss-reactive ketones (excluding diaryl/α,β-unsaturated/α-hetero) is 1. The number of nitrogens with one attached hydrogen (secondary N) is 1. The highest BCUT2D eigenvalue weighted by molar-refractivity contribution is 5.93. The van der Waals surface area contributed by atoms with E-state index in [-0.39, 0.29) is 55.0 Å². The maximum Gasteiger partial charge on any atom is 0.341 e. The molecule has 4 heterocycles. The Kier molecular flexibility index (Phi) is 20.8. The molecule has 4 fully saturated rings. The van der Waals surface area contributed by atoms with Crippen molar-refractivity contribution in [1.29, 1.82) is 0 Å². The molecule has 0 amide bonds. The molecule has 0 radical (unpaired) electrons. The lowest BCUT2D eigenvalue weighted by Gasteiger charge is -2.50. The van der Waals surface area contributed by atoms with Crippen molar-refractivity contribution in [3.8, 4) is 0 Å². The number of benzene rings is 1. The van der Waals surface area contributed by atoms with Gasteiger partial charge in [-0.05, 0) is 118 Å². The third-order valence-electron chi connectivity index (χ3n) is 17.1. The van der Waals surface area contributed by atoms with Crippen LogP contribution in [0.2, 0.25) is 0 Å². The molecule has 77 heavy (non-hydrogen) atoms. The normalized spacial score (nSPS) is 37.8. The zero-order chi connectivity index (χ0) is 57.1. The Bertz CT molecular complexity index is 2430. The summed E-state index contributed by atoms with van der Waals surface area (Å²) in [6.45, 7) is 18.0. The smallest absolute Gasteiger partial charge is 0.341 e. The Morgan fingerprint density at radius 2 is 1.56 bits per heavy atom. The van der Waals surface area contributed by atoms with E-state index in [0.29, 0.717) is 37.7 Å². The second-order valence-electron chi connectivity index (χ2n) is 23.4. The number of carbonyl (C=O) groups is 4. The number of carboxylic acids is 1. The van der Waals surface area contributed by atoms with Gasteiger partial charge in [0.1, 0.15) is 28.7 Å². The van der Waals surface area contributed by atoms with E-state index in [1.807, 2.05) is 49.5 Å². The highest BCUT2D eigenvalue weighted by Crippen LogP contribution is 2.43. The van der Waals surface area contributed by atoms with Gasteiger partial charge in [-0.3, -0.25) is 19.2 Å². The SMILES string of the molecule is CC[C@H]1OC(=O)[C@H](C)[C@@H](O[C@H]2C[C@@](C)(OC)[C@@H](OC(=O)CCNCCCc3ccc4c(c3)c(=O)c(C(=O)O)cn4C3CC3)[C@H](C)O2)[C@H](C)[C@@H](O[C@H]2O[C@H](O)[C@@H](N(C)C)C[C@H]2C)[C@](C)(OC)C[C@@H](C)C(=O)[C@H](C)[C@@H](O)[C@]1(C)O. The minimum absolute atomic E-state index is 0.0401. The van der Waals surface area contributed by atoms with Crippen molar-refractivity contribution in [2.45, 2.75) is 211 Å². The van der Waals surface area contributed by atoms with E-state index in [1.54, 1.807) is 54.5 Å². The molecular formula is C57H89N3O17. The van der Waals surface area contributed by atoms with Crippen LogP contribution in [0.15, 0.2) is 29.2 Å². The maximum atomic E-state index is 14.6. The number of methoxy groups -OCH3 is 2. The molecule has 0 spiro atoms. The van der Waals surface area contributed by atoms with Crippen molar-refractivity contribution < 1.29 is 77.5 Å². The van der Waals surface area contributed by atoms with Crippen molar-refractivity contribution in [2.75, 3.05) is 41.4 Å². The van der Waals surface area contributed by atoms with Gasteiger partial charge in [0.15, 0.2) is 25.0 Å². The van der Waals surface area contributed by atoms with Gasteiger partial charge in [0, 0.05) is 68.5 Å². The van der Waals surface area contributed by atoms with Crippen LogP contribution >= 0.6 is 0 Å². The number of hydrogen-bond donors (Lipinski definition) is 5. The molecule has 3 aliphatic heterocycles. The second-order valence-corrected chi connectivity index (χ2v) is 23.4. The van der Waals surface area contributed by atoms with Crippen LogP contribution in [0.3, 0.4) is 0 Å². The lowest BCUT2D eigenvalue weighted by atomic mass is 9.73. The molecular weight excluding hydrogens is 999 g/mol. The van der Waals surface area contributed by atoms with Crippen LogP contribution in [0.1, 0.15) is 143 Å². The summed E-state index contributed by atoms with van der Waals surface area (Å²) in [4.78, 5) is 69.1. The molecule has 1 aliphatic carbocycles. The maximum absolute atomic E-state index is 14.6. The van der Waals surface area contributed by atoms with Crippen LogP contribution in [0.5, 0.6) is 0 Å². The molecule has 0 unspecified atom stereocenters. The third kappa shape index (κ3) is 14.0. The van der Waals surface area contributed by atoms with Gasteiger partial charge in [-0.1, -0.05) is 40.7 Å². The first-order chi connectivity index (χ1) is 36.1. The second kappa shape index (κ2) is 25.7. The van der Waals surface area contributed by atoms with E-state index in [4.69, 9.17) is 37.9 Å².